The maximum atomic E-state index is 5.85. The van der Waals surface area contributed by atoms with Gasteiger partial charge in [-0.2, -0.15) is 0 Å². The lowest BCUT2D eigenvalue weighted by molar-refractivity contribution is 0.310. The van der Waals surface area contributed by atoms with Gasteiger partial charge in [-0.1, -0.05) is 36.0 Å². The molecule has 1 aliphatic heterocycles. The second-order valence-electron chi connectivity index (χ2n) is 4.28. The Kier molecular flexibility index (Phi) is 4.57. The first-order valence-electron chi connectivity index (χ1n) is 5.98. The van der Waals surface area contributed by atoms with Crippen LogP contribution in [0.1, 0.15) is 24.8 Å². The lowest BCUT2D eigenvalue weighted by Crippen LogP contribution is -2.24. The van der Waals surface area contributed by atoms with Crippen LogP contribution in [0.25, 0.3) is 0 Å². The number of rotatable bonds is 3. The number of piperidine rings is 1. The van der Waals surface area contributed by atoms with E-state index in [0.29, 0.717) is 0 Å². The molecule has 1 aliphatic rings. The van der Waals surface area contributed by atoms with E-state index in [1.807, 2.05) is 30.3 Å². The number of likely N-dealkylation sites (tertiary alicyclic amines) is 1. The fourth-order valence-electron chi connectivity index (χ4n) is 1.95. The second-order valence-corrected chi connectivity index (χ2v) is 5.16. The molecule has 2 rings (SSSR count). The van der Waals surface area contributed by atoms with E-state index in [1.165, 1.54) is 19.3 Å². The third-order valence-electron chi connectivity index (χ3n) is 2.96. The molecule has 0 bridgehead atoms. The molecule has 1 aromatic rings. The second kappa shape index (κ2) is 6.18. The van der Waals surface area contributed by atoms with Crippen molar-refractivity contribution in [1.29, 1.82) is 0 Å². The van der Waals surface area contributed by atoms with Gasteiger partial charge in [0.1, 0.15) is 0 Å². The molecule has 0 aromatic heterocycles. The van der Waals surface area contributed by atoms with E-state index in [1.54, 1.807) is 0 Å². The van der Waals surface area contributed by atoms with Crippen molar-refractivity contribution in [2.45, 2.75) is 19.3 Å². The molecule has 3 heteroatoms. The van der Waals surface area contributed by atoms with Gasteiger partial charge in [-0.3, -0.25) is 0 Å². The number of hydrogen-bond acceptors (Lipinski definition) is 2. The normalized spacial score (nSPS) is 16.4. The van der Waals surface area contributed by atoms with E-state index >= 15 is 0 Å². The summed E-state index contributed by atoms with van der Waals surface area (Å²) in [7, 11) is 0. The Bertz CT molecular complexity index is 405. The standard InChI is InChI=1S/C14H16ClNS/c15-13-6-4-12(5-7-13)14(17)8-11-16-9-2-1-3-10-16/h4-8,11H,1-3,9-10H2. The molecular formula is C14H16ClNS. The molecular weight excluding hydrogens is 250 g/mol. The fourth-order valence-corrected chi connectivity index (χ4v) is 2.27. The molecule has 0 atom stereocenters. The van der Waals surface area contributed by atoms with Gasteiger partial charge in [-0.15, -0.1) is 0 Å². The average molecular weight is 266 g/mol. The molecule has 0 spiro atoms. The van der Waals surface area contributed by atoms with E-state index in [2.05, 4.69) is 11.1 Å². The molecule has 1 aromatic carbocycles. The largest absolute Gasteiger partial charge is 0.377 e. The maximum Gasteiger partial charge on any atom is 0.0463 e. The minimum Gasteiger partial charge on any atom is -0.377 e. The molecule has 1 nitrogen and oxygen atoms in total. The van der Waals surface area contributed by atoms with Crippen LogP contribution in [0.5, 0.6) is 0 Å². The Hall–Kier alpha value is -0.860. The molecule has 0 radical (unpaired) electrons. The van der Waals surface area contributed by atoms with Crippen LogP contribution in [-0.2, 0) is 0 Å². The summed E-state index contributed by atoms with van der Waals surface area (Å²) in [6.45, 7) is 2.31. The van der Waals surface area contributed by atoms with Gasteiger partial charge in [-0.05, 0) is 43.0 Å². The Labute approximate surface area is 113 Å². The predicted octanol–water partition coefficient (Wildman–Crippen LogP) is 4.06. The number of nitrogens with zero attached hydrogens (tertiary/aromatic N) is 1. The molecule has 0 N–H and O–H groups in total. The minimum atomic E-state index is 0.747. The van der Waals surface area contributed by atoms with Crippen LogP contribution in [0.2, 0.25) is 5.02 Å². The Morgan fingerprint density at radius 2 is 1.76 bits per heavy atom. The van der Waals surface area contributed by atoms with E-state index < -0.39 is 0 Å². The molecule has 1 fully saturated rings. The highest BCUT2D eigenvalue weighted by molar-refractivity contribution is 7.81. The van der Waals surface area contributed by atoms with E-state index in [-0.39, 0.29) is 0 Å². The van der Waals surface area contributed by atoms with Gasteiger partial charge >= 0.3 is 0 Å². The Morgan fingerprint density at radius 1 is 1.12 bits per heavy atom. The summed E-state index contributed by atoms with van der Waals surface area (Å²) in [5.74, 6) is 0. The predicted molar refractivity (Wildman–Crippen MR) is 77.7 cm³/mol. The van der Waals surface area contributed by atoms with Gasteiger partial charge in [0.05, 0.1) is 0 Å². The summed E-state index contributed by atoms with van der Waals surface area (Å²) in [6, 6.07) is 7.67. The van der Waals surface area contributed by atoms with Crippen LogP contribution in [0, 0.1) is 0 Å². The van der Waals surface area contributed by atoms with Crippen LogP contribution >= 0.6 is 23.8 Å². The molecule has 0 amide bonds. The number of allylic oxidation sites excluding steroid dienone is 1. The molecule has 0 saturated carbocycles. The molecule has 90 valence electrons. The van der Waals surface area contributed by atoms with Crippen molar-refractivity contribution in [3.8, 4) is 0 Å². The molecule has 0 aliphatic carbocycles. The van der Waals surface area contributed by atoms with Gasteiger partial charge < -0.3 is 4.90 Å². The van der Waals surface area contributed by atoms with Crippen LogP contribution in [0.4, 0.5) is 0 Å². The minimum absolute atomic E-state index is 0.747. The SMILES string of the molecule is S=C(C=CN1CCCCC1)c1ccc(Cl)cc1. The first kappa shape index (κ1) is 12.6. The first-order valence-corrected chi connectivity index (χ1v) is 6.76. The number of benzene rings is 1. The summed E-state index contributed by atoms with van der Waals surface area (Å²) in [5, 5.41) is 0.747. The van der Waals surface area contributed by atoms with Gasteiger partial charge in [0, 0.05) is 29.2 Å². The van der Waals surface area contributed by atoms with E-state index in [9.17, 15) is 0 Å². The third kappa shape index (κ3) is 3.83. The lowest BCUT2D eigenvalue weighted by Gasteiger charge is -2.24. The summed E-state index contributed by atoms with van der Waals surface area (Å²) in [6.07, 6.45) is 8.07. The molecule has 0 unspecified atom stereocenters. The lowest BCUT2D eigenvalue weighted by atomic mass is 10.1. The maximum absolute atomic E-state index is 5.85. The third-order valence-corrected chi connectivity index (χ3v) is 3.58. The zero-order chi connectivity index (χ0) is 12.1. The fraction of sp³-hybridized carbons (Fsp3) is 0.357. The zero-order valence-electron chi connectivity index (χ0n) is 9.73. The molecule has 1 saturated heterocycles. The zero-order valence-corrected chi connectivity index (χ0v) is 11.3. The van der Waals surface area contributed by atoms with Crippen molar-refractivity contribution in [1.82, 2.24) is 4.90 Å². The van der Waals surface area contributed by atoms with Crippen LogP contribution in [-0.4, -0.2) is 22.9 Å². The van der Waals surface area contributed by atoms with Crippen molar-refractivity contribution < 1.29 is 0 Å². The highest BCUT2D eigenvalue weighted by Gasteiger charge is 2.05. The smallest absolute Gasteiger partial charge is 0.0463 e. The molecule has 17 heavy (non-hydrogen) atoms. The van der Waals surface area contributed by atoms with Crippen LogP contribution in [0.15, 0.2) is 36.5 Å². The average Bonchev–Trinajstić information content (AvgIpc) is 2.38. The molecule has 1 heterocycles. The van der Waals surface area contributed by atoms with Gasteiger partial charge in [0.25, 0.3) is 0 Å². The number of thiocarbonyl (C=S) groups is 1. The van der Waals surface area contributed by atoms with Gasteiger partial charge in [-0.25, -0.2) is 0 Å². The van der Waals surface area contributed by atoms with E-state index in [4.69, 9.17) is 23.8 Å². The monoisotopic (exact) mass is 265 g/mol. The summed E-state index contributed by atoms with van der Waals surface area (Å²) >= 11 is 11.2. The van der Waals surface area contributed by atoms with Crippen LogP contribution in [0.3, 0.4) is 0 Å². The summed E-state index contributed by atoms with van der Waals surface area (Å²) < 4.78 is 0. The highest BCUT2D eigenvalue weighted by Crippen LogP contribution is 2.12. The van der Waals surface area contributed by atoms with Crippen molar-refractivity contribution in [3.63, 3.8) is 0 Å². The summed E-state index contributed by atoms with van der Waals surface area (Å²) in [4.78, 5) is 3.21. The van der Waals surface area contributed by atoms with Crippen molar-refractivity contribution in [2.24, 2.45) is 0 Å². The van der Waals surface area contributed by atoms with Crippen molar-refractivity contribution in [2.75, 3.05) is 13.1 Å². The summed E-state index contributed by atoms with van der Waals surface area (Å²) in [5.41, 5.74) is 1.05. The highest BCUT2D eigenvalue weighted by atomic mass is 35.5. The van der Waals surface area contributed by atoms with Gasteiger partial charge in [0.15, 0.2) is 0 Å². The number of hydrogen-bond donors (Lipinski definition) is 0. The van der Waals surface area contributed by atoms with Gasteiger partial charge in [0.2, 0.25) is 0 Å². The topological polar surface area (TPSA) is 3.24 Å². The van der Waals surface area contributed by atoms with Crippen molar-refractivity contribution in [3.05, 3.63) is 47.1 Å². The first-order chi connectivity index (χ1) is 8.25. The Balaban J connectivity index is 1.96. The van der Waals surface area contributed by atoms with E-state index in [0.717, 1.165) is 28.5 Å². The quantitative estimate of drug-likeness (QED) is 0.461. The number of halogens is 1. The van der Waals surface area contributed by atoms with Crippen LogP contribution < -0.4 is 0 Å². The Morgan fingerprint density at radius 3 is 2.41 bits per heavy atom. The van der Waals surface area contributed by atoms with Crippen molar-refractivity contribution >= 4 is 28.7 Å².